The lowest BCUT2D eigenvalue weighted by Crippen LogP contribution is -2.21. The number of fused-ring (bicyclic) bond motifs is 3. The number of aromatic amines is 1. The number of hydrogen-bond acceptors (Lipinski definition) is 6. The molecule has 1 amide bonds. The van der Waals surface area contributed by atoms with Gasteiger partial charge >= 0.3 is 0 Å². The van der Waals surface area contributed by atoms with Crippen LogP contribution in [0.1, 0.15) is 11.3 Å². The number of methoxy groups -OCH3 is 4. The summed E-state index contributed by atoms with van der Waals surface area (Å²) in [6.07, 6.45) is 3.16. The first-order valence-corrected chi connectivity index (χ1v) is 12.3. The van der Waals surface area contributed by atoms with Crippen LogP contribution in [0.2, 0.25) is 0 Å². The summed E-state index contributed by atoms with van der Waals surface area (Å²) in [5.74, 6) is 2.04. The summed E-state index contributed by atoms with van der Waals surface area (Å²) in [6, 6.07) is 21.5. The SMILES string of the molecule is COc1ccc(-c2nc(CNC(=O)/C=C/c3cc(OC)c(OC)c(OC)c3)cc3c2[nH]c2ccccc23)cc1. The molecule has 0 unspecified atom stereocenters. The van der Waals surface area contributed by atoms with Gasteiger partial charge in [-0.3, -0.25) is 4.79 Å². The van der Waals surface area contributed by atoms with Crippen molar-refractivity contribution in [3.05, 3.63) is 84.1 Å². The van der Waals surface area contributed by atoms with Crippen molar-refractivity contribution in [3.8, 4) is 34.3 Å². The second-order valence-corrected chi connectivity index (χ2v) is 8.79. The van der Waals surface area contributed by atoms with Gasteiger partial charge in [0.1, 0.15) is 5.75 Å². The maximum absolute atomic E-state index is 12.7. The van der Waals surface area contributed by atoms with Gasteiger partial charge in [-0.1, -0.05) is 18.2 Å². The van der Waals surface area contributed by atoms with Crippen LogP contribution in [0.25, 0.3) is 39.1 Å². The van der Waals surface area contributed by atoms with Crippen molar-refractivity contribution in [2.45, 2.75) is 6.54 Å². The van der Waals surface area contributed by atoms with Gasteiger partial charge in [0.05, 0.1) is 51.9 Å². The molecule has 0 fully saturated rings. The molecule has 0 saturated heterocycles. The van der Waals surface area contributed by atoms with Crippen LogP contribution < -0.4 is 24.3 Å². The van der Waals surface area contributed by atoms with E-state index < -0.39 is 0 Å². The van der Waals surface area contributed by atoms with Gasteiger partial charge in [0.25, 0.3) is 0 Å². The minimum atomic E-state index is -0.254. The van der Waals surface area contributed by atoms with Crippen LogP contribution in [0.4, 0.5) is 0 Å². The number of para-hydroxylation sites is 1. The molecular weight excluding hydrogens is 494 g/mol. The molecule has 2 heterocycles. The third-order valence-electron chi connectivity index (χ3n) is 6.47. The lowest BCUT2D eigenvalue weighted by Gasteiger charge is -2.12. The van der Waals surface area contributed by atoms with E-state index in [0.29, 0.717) is 17.2 Å². The zero-order chi connectivity index (χ0) is 27.4. The Bertz CT molecular complexity index is 1650. The van der Waals surface area contributed by atoms with Crippen molar-refractivity contribution in [3.63, 3.8) is 0 Å². The Morgan fingerprint density at radius 3 is 2.26 bits per heavy atom. The number of benzene rings is 3. The molecule has 2 N–H and O–H groups in total. The van der Waals surface area contributed by atoms with Crippen molar-refractivity contribution in [1.29, 1.82) is 0 Å². The molecule has 8 heteroatoms. The Hall–Kier alpha value is -4.98. The molecule has 0 spiro atoms. The van der Waals surface area contributed by atoms with Crippen LogP contribution in [0, 0.1) is 0 Å². The Morgan fingerprint density at radius 1 is 0.872 bits per heavy atom. The number of amides is 1. The van der Waals surface area contributed by atoms with Crippen LogP contribution in [-0.4, -0.2) is 44.3 Å². The van der Waals surface area contributed by atoms with Crippen LogP contribution in [-0.2, 0) is 11.3 Å². The zero-order valence-electron chi connectivity index (χ0n) is 22.2. The highest BCUT2D eigenvalue weighted by Crippen LogP contribution is 2.38. The summed E-state index contributed by atoms with van der Waals surface area (Å²) in [7, 11) is 6.29. The van der Waals surface area contributed by atoms with Crippen LogP contribution in [0.5, 0.6) is 23.0 Å². The molecule has 5 rings (SSSR count). The van der Waals surface area contributed by atoms with Gasteiger partial charge in [0.2, 0.25) is 11.7 Å². The quantitative estimate of drug-likeness (QED) is 0.239. The number of H-pyrrole nitrogens is 1. The second-order valence-electron chi connectivity index (χ2n) is 8.79. The maximum atomic E-state index is 12.7. The predicted octanol–water partition coefficient (Wildman–Crippen LogP) is 5.75. The number of carbonyl (C=O) groups excluding carboxylic acids is 1. The summed E-state index contributed by atoms with van der Waals surface area (Å²) >= 11 is 0. The van der Waals surface area contributed by atoms with Crippen molar-refractivity contribution in [1.82, 2.24) is 15.3 Å². The molecule has 8 nitrogen and oxygen atoms in total. The number of pyridine rings is 1. The minimum absolute atomic E-state index is 0.254. The molecule has 2 aromatic heterocycles. The fraction of sp³-hybridized carbons (Fsp3) is 0.161. The van der Waals surface area contributed by atoms with Gasteiger partial charge in [-0.2, -0.15) is 0 Å². The fourth-order valence-corrected chi connectivity index (χ4v) is 4.55. The number of carbonyl (C=O) groups is 1. The fourth-order valence-electron chi connectivity index (χ4n) is 4.55. The molecule has 198 valence electrons. The highest BCUT2D eigenvalue weighted by molar-refractivity contribution is 6.11. The van der Waals surface area contributed by atoms with Crippen LogP contribution in [0.15, 0.2) is 72.8 Å². The number of hydrogen-bond donors (Lipinski definition) is 2. The molecule has 0 saturated carbocycles. The maximum Gasteiger partial charge on any atom is 0.244 e. The summed E-state index contributed by atoms with van der Waals surface area (Å²) < 4.78 is 21.5. The van der Waals surface area contributed by atoms with Crippen LogP contribution >= 0.6 is 0 Å². The van der Waals surface area contributed by atoms with Crippen LogP contribution in [0.3, 0.4) is 0 Å². The monoisotopic (exact) mass is 523 g/mol. The third-order valence-corrected chi connectivity index (χ3v) is 6.47. The Balaban J connectivity index is 1.42. The first-order chi connectivity index (χ1) is 19.0. The highest BCUT2D eigenvalue weighted by Gasteiger charge is 2.15. The summed E-state index contributed by atoms with van der Waals surface area (Å²) in [4.78, 5) is 21.2. The van der Waals surface area contributed by atoms with Crippen molar-refractivity contribution >= 4 is 33.8 Å². The molecule has 0 aliphatic rings. The molecule has 0 radical (unpaired) electrons. The molecule has 3 aromatic carbocycles. The zero-order valence-corrected chi connectivity index (χ0v) is 22.2. The number of nitrogens with one attached hydrogen (secondary N) is 2. The van der Waals surface area contributed by atoms with Gasteiger partial charge in [0, 0.05) is 27.9 Å². The molecule has 0 atom stereocenters. The van der Waals surface area contributed by atoms with E-state index in [1.54, 1.807) is 46.6 Å². The Labute approximate surface area is 226 Å². The normalized spacial score (nSPS) is 11.2. The van der Waals surface area contributed by atoms with Gasteiger partial charge in [-0.25, -0.2) is 4.98 Å². The van der Waals surface area contributed by atoms with Crippen molar-refractivity contribution in [2.24, 2.45) is 0 Å². The first kappa shape index (κ1) is 25.7. The van der Waals surface area contributed by atoms with E-state index in [-0.39, 0.29) is 12.5 Å². The summed E-state index contributed by atoms with van der Waals surface area (Å²) in [5.41, 5.74) is 5.20. The number of aromatic nitrogens is 2. The van der Waals surface area contributed by atoms with E-state index in [2.05, 4.69) is 16.4 Å². The Kier molecular flexibility index (Phi) is 7.36. The number of nitrogens with zero attached hydrogens (tertiary/aromatic N) is 1. The molecule has 0 aliphatic carbocycles. The highest BCUT2D eigenvalue weighted by atomic mass is 16.5. The average Bonchev–Trinajstić information content (AvgIpc) is 3.36. The second kappa shape index (κ2) is 11.2. The van der Waals surface area contributed by atoms with Crippen molar-refractivity contribution in [2.75, 3.05) is 28.4 Å². The summed E-state index contributed by atoms with van der Waals surface area (Å²) in [6.45, 7) is 0.261. The standard InChI is InChI=1S/C31H29N3O5/c1-36-22-12-10-20(11-13-22)29-30-24(23-7-5-6-8-25(23)34-30)17-21(33-29)18-32-28(35)14-9-19-15-26(37-2)31(39-4)27(16-19)38-3/h5-17,34H,18H2,1-4H3,(H,32,35)/b14-9+. The van der Waals surface area contributed by atoms with Gasteiger partial charge in [-0.05, 0) is 60.2 Å². The van der Waals surface area contributed by atoms with Gasteiger partial charge in [0.15, 0.2) is 11.5 Å². The van der Waals surface area contributed by atoms with E-state index >= 15 is 0 Å². The smallest absolute Gasteiger partial charge is 0.244 e. The molecule has 0 bridgehead atoms. The van der Waals surface area contributed by atoms with E-state index in [0.717, 1.165) is 50.1 Å². The van der Waals surface area contributed by atoms with Gasteiger partial charge in [-0.15, -0.1) is 0 Å². The molecule has 5 aromatic rings. The molecular formula is C31H29N3O5. The lowest BCUT2D eigenvalue weighted by atomic mass is 10.1. The third kappa shape index (κ3) is 5.22. The topological polar surface area (TPSA) is 94.7 Å². The van der Waals surface area contributed by atoms with Crippen molar-refractivity contribution < 1.29 is 23.7 Å². The van der Waals surface area contributed by atoms with E-state index in [9.17, 15) is 4.79 Å². The van der Waals surface area contributed by atoms with E-state index in [1.807, 2.05) is 48.5 Å². The minimum Gasteiger partial charge on any atom is -0.497 e. The van der Waals surface area contributed by atoms with Gasteiger partial charge < -0.3 is 29.2 Å². The number of rotatable bonds is 9. The molecule has 0 aliphatic heterocycles. The lowest BCUT2D eigenvalue weighted by molar-refractivity contribution is -0.116. The Morgan fingerprint density at radius 2 is 1.59 bits per heavy atom. The van der Waals surface area contributed by atoms with E-state index in [4.69, 9.17) is 23.9 Å². The largest absolute Gasteiger partial charge is 0.497 e. The molecule has 39 heavy (non-hydrogen) atoms. The number of ether oxygens (including phenoxy) is 4. The summed E-state index contributed by atoms with van der Waals surface area (Å²) in [5, 5.41) is 5.09. The average molecular weight is 524 g/mol. The van der Waals surface area contributed by atoms with E-state index in [1.165, 1.54) is 6.08 Å². The first-order valence-electron chi connectivity index (χ1n) is 12.3. The predicted molar refractivity (Wildman–Crippen MR) is 153 cm³/mol.